The zero-order chi connectivity index (χ0) is 16.2. The van der Waals surface area contributed by atoms with E-state index in [4.69, 9.17) is 4.74 Å². The minimum atomic E-state index is -0.688. The van der Waals surface area contributed by atoms with Crippen LogP contribution in [0.4, 0.5) is 0 Å². The number of aromatic nitrogens is 1. The maximum atomic E-state index is 12.4. The molecule has 23 heavy (non-hydrogen) atoms. The molecule has 0 spiro atoms. The molecule has 1 saturated carbocycles. The van der Waals surface area contributed by atoms with Crippen molar-refractivity contribution in [2.45, 2.75) is 37.5 Å². The van der Waals surface area contributed by atoms with Crippen LogP contribution < -0.4 is 4.74 Å². The highest BCUT2D eigenvalue weighted by atomic mass is 32.1. The number of aliphatic hydroxyl groups excluding tert-OH is 1. The summed E-state index contributed by atoms with van der Waals surface area (Å²) in [5, 5.41) is 14.5. The van der Waals surface area contributed by atoms with Crippen LogP contribution in [-0.2, 0) is 11.2 Å². The Morgan fingerprint density at radius 1 is 1.48 bits per heavy atom. The Hall–Kier alpha value is -1.92. The minimum absolute atomic E-state index is 0.0227. The van der Waals surface area contributed by atoms with Crippen molar-refractivity contribution in [1.29, 1.82) is 0 Å². The summed E-state index contributed by atoms with van der Waals surface area (Å²) in [6.45, 7) is 0. The summed E-state index contributed by atoms with van der Waals surface area (Å²) in [6.07, 6.45) is 4.14. The van der Waals surface area contributed by atoms with E-state index < -0.39 is 6.10 Å². The molecular weight excluding hydrogens is 312 g/mol. The summed E-state index contributed by atoms with van der Waals surface area (Å²) in [4.78, 5) is 18.0. The highest BCUT2D eigenvalue weighted by Crippen LogP contribution is 2.28. The van der Waals surface area contributed by atoms with Gasteiger partial charge in [0.15, 0.2) is 0 Å². The van der Waals surface area contributed by atoms with Gasteiger partial charge in [-0.2, -0.15) is 11.3 Å². The Morgan fingerprint density at radius 3 is 3.04 bits per heavy atom. The van der Waals surface area contributed by atoms with Crippen LogP contribution >= 0.6 is 11.3 Å². The molecule has 2 aromatic rings. The van der Waals surface area contributed by atoms with Crippen LogP contribution in [0.3, 0.4) is 0 Å². The predicted octanol–water partition coefficient (Wildman–Crippen LogP) is 2.11. The van der Waals surface area contributed by atoms with Gasteiger partial charge < -0.3 is 14.7 Å². The predicted molar refractivity (Wildman–Crippen MR) is 88.5 cm³/mol. The molecule has 2 heterocycles. The molecule has 2 aromatic heterocycles. The van der Waals surface area contributed by atoms with Gasteiger partial charge in [-0.25, -0.2) is 0 Å². The first kappa shape index (κ1) is 16.0. The zero-order valence-corrected chi connectivity index (χ0v) is 13.8. The van der Waals surface area contributed by atoms with E-state index in [1.807, 2.05) is 22.9 Å². The number of amides is 1. The normalized spacial score (nSPS) is 23.7. The quantitative estimate of drug-likeness (QED) is 0.911. The van der Waals surface area contributed by atoms with Crippen molar-refractivity contribution < 1.29 is 14.6 Å². The number of carbonyl (C=O) groups is 1. The van der Waals surface area contributed by atoms with Gasteiger partial charge in [-0.3, -0.25) is 9.78 Å². The van der Waals surface area contributed by atoms with E-state index in [1.54, 1.807) is 41.7 Å². The Labute approximate surface area is 139 Å². The third kappa shape index (κ3) is 3.71. The fraction of sp³-hybridized carbons (Fsp3) is 0.412. The lowest BCUT2D eigenvalue weighted by Crippen LogP contribution is -2.45. The van der Waals surface area contributed by atoms with Crippen molar-refractivity contribution in [1.82, 2.24) is 9.88 Å². The van der Waals surface area contributed by atoms with Gasteiger partial charge in [0.2, 0.25) is 5.91 Å². The van der Waals surface area contributed by atoms with E-state index in [2.05, 4.69) is 4.98 Å². The van der Waals surface area contributed by atoms with Crippen LogP contribution in [0.25, 0.3) is 0 Å². The van der Waals surface area contributed by atoms with Gasteiger partial charge in [0, 0.05) is 13.2 Å². The van der Waals surface area contributed by atoms with E-state index in [9.17, 15) is 9.90 Å². The van der Waals surface area contributed by atoms with Gasteiger partial charge >= 0.3 is 0 Å². The molecule has 0 saturated heterocycles. The topological polar surface area (TPSA) is 62.7 Å². The van der Waals surface area contributed by atoms with Crippen LogP contribution in [0, 0.1) is 0 Å². The number of rotatable bonds is 5. The van der Waals surface area contributed by atoms with Gasteiger partial charge in [-0.15, -0.1) is 0 Å². The van der Waals surface area contributed by atoms with Gasteiger partial charge in [-0.1, -0.05) is 0 Å². The number of ether oxygens (including phenoxy) is 1. The number of hydrogen-bond donors (Lipinski definition) is 1. The Balaban J connectivity index is 1.59. The summed E-state index contributed by atoms with van der Waals surface area (Å²) in [5.41, 5.74) is 1.02. The molecule has 1 fully saturated rings. The SMILES string of the molecule is CN(C(=O)Cc1ccsc1)[C@@H]1CC[C@@H](Oc2cccnc2)[C@@H]1O. The average Bonchev–Trinajstić information content (AvgIpc) is 3.19. The first-order chi connectivity index (χ1) is 11.1. The zero-order valence-electron chi connectivity index (χ0n) is 13.0. The van der Waals surface area contributed by atoms with Crippen molar-refractivity contribution in [3.63, 3.8) is 0 Å². The fourth-order valence-corrected chi connectivity index (χ4v) is 3.61. The monoisotopic (exact) mass is 332 g/mol. The molecule has 6 heteroatoms. The lowest BCUT2D eigenvalue weighted by molar-refractivity contribution is -0.133. The number of pyridine rings is 1. The van der Waals surface area contributed by atoms with E-state index in [0.29, 0.717) is 12.2 Å². The third-order valence-electron chi connectivity index (χ3n) is 4.27. The molecule has 1 N–H and O–H groups in total. The molecule has 0 aromatic carbocycles. The molecule has 122 valence electrons. The Kier molecular flexibility index (Phi) is 4.93. The number of hydrogen-bond acceptors (Lipinski definition) is 5. The molecule has 0 radical (unpaired) electrons. The largest absolute Gasteiger partial charge is 0.486 e. The van der Waals surface area contributed by atoms with Gasteiger partial charge in [0.05, 0.1) is 18.7 Å². The number of nitrogens with zero attached hydrogens (tertiary/aromatic N) is 2. The highest BCUT2D eigenvalue weighted by Gasteiger charge is 2.40. The van der Waals surface area contributed by atoms with E-state index in [0.717, 1.165) is 18.4 Å². The molecule has 1 amide bonds. The molecular formula is C17H20N2O3S. The number of aliphatic hydroxyl groups is 1. The second kappa shape index (κ2) is 7.10. The molecule has 0 bridgehead atoms. The van der Waals surface area contributed by atoms with Crippen molar-refractivity contribution >= 4 is 17.2 Å². The number of thiophene rings is 1. The Morgan fingerprint density at radius 2 is 2.35 bits per heavy atom. The molecule has 3 atom stereocenters. The second-order valence-electron chi connectivity index (χ2n) is 5.79. The Bertz CT molecular complexity index is 633. The summed E-state index contributed by atoms with van der Waals surface area (Å²) in [6, 6.07) is 5.36. The van der Waals surface area contributed by atoms with Gasteiger partial charge in [0.1, 0.15) is 18.0 Å². The third-order valence-corrected chi connectivity index (χ3v) is 5.00. The average molecular weight is 332 g/mol. The smallest absolute Gasteiger partial charge is 0.227 e. The fourth-order valence-electron chi connectivity index (χ4n) is 2.94. The maximum absolute atomic E-state index is 12.4. The molecule has 3 rings (SSSR count). The standard InChI is InChI=1S/C17H20N2O3S/c1-19(16(20)9-12-6-8-23-11-12)14-4-5-15(17(14)21)22-13-3-2-7-18-10-13/h2-3,6-8,10-11,14-15,17,21H,4-5,9H2,1H3/t14-,15-,17-/m1/s1. The van der Waals surface area contributed by atoms with E-state index in [1.165, 1.54) is 0 Å². The highest BCUT2D eigenvalue weighted by molar-refractivity contribution is 7.07. The molecule has 1 aliphatic carbocycles. The molecule has 1 aliphatic rings. The summed E-state index contributed by atoms with van der Waals surface area (Å²) < 4.78 is 5.80. The first-order valence-corrected chi connectivity index (χ1v) is 8.61. The van der Waals surface area contributed by atoms with Gasteiger partial charge in [-0.05, 0) is 47.4 Å². The van der Waals surface area contributed by atoms with Crippen molar-refractivity contribution in [2.24, 2.45) is 0 Å². The summed E-state index contributed by atoms with van der Waals surface area (Å²) in [5.74, 6) is 0.666. The van der Waals surface area contributed by atoms with Crippen LogP contribution in [0.5, 0.6) is 5.75 Å². The second-order valence-corrected chi connectivity index (χ2v) is 6.57. The molecule has 0 unspecified atom stereocenters. The van der Waals surface area contributed by atoms with Crippen molar-refractivity contribution in [2.75, 3.05) is 7.05 Å². The van der Waals surface area contributed by atoms with Crippen molar-refractivity contribution in [3.8, 4) is 5.75 Å². The van der Waals surface area contributed by atoms with Crippen LogP contribution in [0.15, 0.2) is 41.4 Å². The summed E-state index contributed by atoms with van der Waals surface area (Å²) >= 11 is 1.58. The first-order valence-electron chi connectivity index (χ1n) is 7.66. The van der Waals surface area contributed by atoms with Crippen LogP contribution in [0.1, 0.15) is 18.4 Å². The van der Waals surface area contributed by atoms with Crippen LogP contribution in [-0.4, -0.2) is 46.2 Å². The lowest BCUT2D eigenvalue weighted by atomic mass is 10.1. The van der Waals surface area contributed by atoms with E-state index in [-0.39, 0.29) is 18.1 Å². The minimum Gasteiger partial charge on any atom is -0.486 e. The van der Waals surface area contributed by atoms with Gasteiger partial charge in [0.25, 0.3) is 0 Å². The summed E-state index contributed by atoms with van der Waals surface area (Å²) in [7, 11) is 1.76. The van der Waals surface area contributed by atoms with Crippen LogP contribution in [0.2, 0.25) is 0 Å². The number of likely N-dealkylation sites (N-methyl/N-ethyl adjacent to an activating group) is 1. The molecule has 0 aliphatic heterocycles. The van der Waals surface area contributed by atoms with E-state index >= 15 is 0 Å². The number of carbonyl (C=O) groups excluding carboxylic acids is 1. The van der Waals surface area contributed by atoms with Crippen molar-refractivity contribution in [3.05, 3.63) is 46.9 Å². The lowest BCUT2D eigenvalue weighted by Gasteiger charge is -2.28. The molecule has 5 nitrogen and oxygen atoms in total. The maximum Gasteiger partial charge on any atom is 0.227 e.